The Balaban J connectivity index is 3.33. The van der Waals surface area contributed by atoms with Gasteiger partial charge in [0, 0.05) is 0 Å². The minimum absolute atomic E-state index is 0.173. The Kier molecular flexibility index (Phi) is 4.58. The Morgan fingerprint density at radius 3 is 2.70 bits per heavy atom. The van der Waals surface area contributed by atoms with Crippen LogP contribution in [0.15, 0.2) is 12.7 Å². The maximum atomic E-state index is 9.99. The molecule has 1 atom stereocenters. The van der Waals surface area contributed by atoms with E-state index in [1.165, 1.54) is 0 Å². The second-order valence-electron chi connectivity index (χ2n) is 2.12. The van der Waals surface area contributed by atoms with Gasteiger partial charge in [0.25, 0.3) is 0 Å². The van der Waals surface area contributed by atoms with E-state index >= 15 is 0 Å². The van der Waals surface area contributed by atoms with Gasteiger partial charge in [0.15, 0.2) is 0 Å². The molecule has 0 amide bonds. The highest BCUT2D eigenvalue weighted by Gasteiger charge is 2.06. The summed E-state index contributed by atoms with van der Waals surface area (Å²) in [5, 5.41) is 17.1. The predicted molar refractivity (Wildman–Crippen MR) is 37.7 cm³/mol. The first-order chi connectivity index (χ1) is 4.66. The summed E-state index contributed by atoms with van der Waals surface area (Å²) < 4.78 is 0. The van der Waals surface area contributed by atoms with Crippen LogP contribution in [0.1, 0.15) is 19.3 Å². The topological polar surface area (TPSA) is 57.5 Å². The number of rotatable bonds is 5. The normalized spacial score (nSPS) is 12.5. The summed E-state index contributed by atoms with van der Waals surface area (Å²) in [7, 11) is 0. The lowest BCUT2D eigenvalue weighted by molar-refractivity contribution is -0.139. The summed E-state index contributed by atoms with van der Waals surface area (Å²) in [5.74, 6) is -0.962. The number of hydrogen-bond donors (Lipinski definition) is 2. The van der Waals surface area contributed by atoms with Crippen LogP contribution in [0, 0.1) is 0 Å². The molecule has 0 unspecified atom stereocenters. The number of allylic oxidation sites excluding steroid dienone is 1. The van der Waals surface area contributed by atoms with Crippen LogP contribution in [0.2, 0.25) is 0 Å². The molecular formula is C7H12O3. The van der Waals surface area contributed by atoms with E-state index < -0.39 is 12.1 Å². The van der Waals surface area contributed by atoms with Crippen LogP contribution in [0.3, 0.4) is 0 Å². The van der Waals surface area contributed by atoms with Gasteiger partial charge in [0.2, 0.25) is 0 Å². The molecule has 0 aliphatic rings. The van der Waals surface area contributed by atoms with Gasteiger partial charge in [-0.1, -0.05) is 6.08 Å². The van der Waals surface area contributed by atoms with E-state index in [0.717, 1.165) is 0 Å². The molecule has 0 radical (unpaired) electrons. The van der Waals surface area contributed by atoms with E-state index in [1.54, 1.807) is 6.08 Å². The van der Waals surface area contributed by atoms with Crippen molar-refractivity contribution in [2.75, 3.05) is 0 Å². The number of carboxylic acid groups (broad SMARTS) is 1. The molecule has 3 heteroatoms. The quantitative estimate of drug-likeness (QED) is 0.561. The van der Waals surface area contributed by atoms with Crippen molar-refractivity contribution in [1.29, 1.82) is 0 Å². The van der Waals surface area contributed by atoms with Gasteiger partial charge >= 0.3 is 5.97 Å². The Bertz CT molecular complexity index is 120. The van der Waals surface area contributed by atoms with Crippen LogP contribution < -0.4 is 0 Å². The molecule has 0 aromatic rings. The number of aliphatic hydroxyl groups is 1. The molecule has 0 bridgehead atoms. The van der Waals surface area contributed by atoms with Crippen molar-refractivity contribution >= 4 is 5.97 Å². The van der Waals surface area contributed by atoms with Crippen molar-refractivity contribution in [1.82, 2.24) is 0 Å². The average Bonchev–Trinajstić information content (AvgIpc) is 1.82. The van der Waals surface area contributed by atoms with Gasteiger partial charge in [-0.2, -0.15) is 0 Å². The van der Waals surface area contributed by atoms with Crippen LogP contribution in [0.4, 0.5) is 0 Å². The zero-order valence-electron chi connectivity index (χ0n) is 5.79. The summed E-state index contributed by atoms with van der Waals surface area (Å²) in [6, 6.07) is 0. The summed E-state index contributed by atoms with van der Waals surface area (Å²) in [6.45, 7) is 3.45. The Morgan fingerprint density at radius 1 is 1.70 bits per heavy atom. The fourth-order valence-electron chi connectivity index (χ4n) is 0.614. The first-order valence-electron chi connectivity index (χ1n) is 3.17. The van der Waals surface area contributed by atoms with E-state index in [9.17, 15) is 4.79 Å². The van der Waals surface area contributed by atoms with Gasteiger partial charge in [-0.25, -0.2) is 0 Å². The number of carbonyl (C=O) groups is 1. The van der Waals surface area contributed by atoms with Crippen molar-refractivity contribution in [2.24, 2.45) is 0 Å². The first-order valence-corrected chi connectivity index (χ1v) is 3.17. The van der Waals surface area contributed by atoms with Gasteiger partial charge in [0.1, 0.15) is 0 Å². The summed E-state index contributed by atoms with van der Waals surface area (Å²) in [6.07, 6.45) is 1.90. The predicted octanol–water partition coefficient (Wildman–Crippen LogP) is 0.788. The minimum atomic E-state index is -0.962. The molecule has 0 rings (SSSR count). The van der Waals surface area contributed by atoms with Crippen molar-refractivity contribution in [3.63, 3.8) is 0 Å². The smallest absolute Gasteiger partial charge is 0.305 e. The molecule has 0 aliphatic carbocycles. The van der Waals surface area contributed by atoms with Crippen molar-refractivity contribution < 1.29 is 15.0 Å². The third-order valence-electron chi connectivity index (χ3n) is 1.11. The van der Waals surface area contributed by atoms with Gasteiger partial charge in [-0.05, 0) is 12.8 Å². The highest BCUT2D eigenvalue weighted by atomic mass is 16.4. The number of aliphatic hydroxyl groups excluding tert-OH is 1. The standard InChI is InChI=1S/C7H12O3/c1-2-3-4-6(8)5-7(9)10/h2,6,8H,1,3-5H2,(H,9,10)/t6-/m1/s1. The second kappa shape index (κ2) is 4.99. The Hall–Kier alpha value is -0.830. The molecule has 0 aromatic carbocycles. The lowest BCUT2D eigenvalue weighted by Crippen LogP contribution is -2.11. The van der Waals surface area contributed by atoms with Crippen LogP contribution in [0.5, 0.6) is 0 Å². The molecule has 3 nitrogen and oxygen atoms in total. The van der Waals surface area contributed by atoms with Gasteiger partial charge in [-0.15, -0.1) is 6.58 Å². The van der Waals surface area contributed by atoms with Crippen molar-refractivity contribution in [3.05, 3.63) is 12.7 Å². The molecule has 10 heavy (non-hydrogen) atoms. The van der Waals surface area contributed by atoms with E-state index in [2.05, 4.69) is 6.58 Å². The van der Waals surface area contributed by atoms with E-state index in [4.69, 9.17) is 10.2 Å². The van der Waals surface area contributed by atoms with Crippen LogP contribution in [-0.4, -0.2) is 22.3 Å². The zero-order valence-corrected chi connectivity index (χ0v) is 5.79. The molecule has 0 fully saturated rings. The zero-order chi connectivity index (χ0) is 7.98. The molecule has 2 N–H and O–H groups in total. The van der Waals surface area contributed by atoms with E-state index in [0.29, 0.717) is 12.8 Å². The molecule has 58 valence electrons. The molecule has 0 heterocycles. The molecule has 0 aromatic heterocycles. The molecule has 0 saturated carbocycles. The average molecular weight is 144 g/mol. The van der Waals surface area contributed by atoms with Crippen molar-refractivity contribution in [3.8, 4) is 0 Å². The fourth-order valence-corrected chi connectivity index (χ4v) is 0.614. The largest absolute Gasteiger partial charge is 0.481 e. The number of hydrogen-bond acceptors (Lipinski definition) is 2. The third-order valence-corrected chi connectivity index (χ3v) is 1.11. The van der Waals surface area contributed by atoms with E-state index in [-0.39, 0.29) is 6.42 Å². The molecule has 0 aliphatic heterocycles. The lowest BCUT2D eigenvalue weighted by atomic mass is 10.1. The fraction of sp³-hybridized carbons (Fsp3) is 0.571. The number of carboxylic acids is 1. The highest BCUT2D eigenvalue weighted by molar-refractivity contribution is 5.67. The second-order valence-corrected chi connectivity index (χ2v) is 2.12. The molecule has 0 saturated heterocycles. The van der Waals surface area contributed by atoms with Gasteiger partial charge in [0.05, 0.1) is 12.5 Å². The monoisotopic (exact) mass is 144 g/mol. The maximum Gasteiger partial charge on any atom is 0.305 e. The van der Waals surface area contributed by atoms with Gasteiger partial charge < -0.3 is 10.2 Å². The molecule has 0 spiro atoms. The first kappa shape index (κ1) is 9.17. The number of aliphatic carboxylic acids is 1. The maximum absolute atomic E-state index is 9.99. The summed E-state index contributed by atoms with van der Waals surface area (Å²) in [5.41, 5.74) is 0. The van der Waals surface area contributed by atoms with Crippen LogP contribution >= 0.6 is 0 Å². The Labute approximate surface area is 60.0 Å². The van der Waals surface area contributed by atoms with Crippen LogP contribution in [0.25, 0.3) is 0 Å². The van der Waals surface area contributed by atoms with Gasteiger partial charge in [-0.3, -0.25) is 4.79 Å². The van der Waals surface area contributed by atoms with Crippen LogP contribution in [-0.2, 0) is 4.79 Å². The Morgan fingerprint density at radius 2 is 2.30 bits per heavy atom. The SMILES string of the molecule is C=CCC[C@@H](O)CC(=O)O. The summed E-state index contributed by atoms with van der Waals surface area (Å²) in [4.78, 5) is 9.99. The van der Waals surface area contributed by atoms with Crippen molar-refractivity contribution in [2.45, 2.75) is 25.4 Å². The highest BCUT2D eigenvalue weighted by Crippen LogP contribution is 2.01. The lowest BCUT2D eigenvalue weighted by Gasteiger charge is -2.03. The van der Waals surface area contributed by atoms with E-state index in [1.807, 2.05) is 0 Å². The third kappa shape index (κ3) is 5.31. The summed E-state index contributed by atoms with van der Waals surface area (Å²) >= 11 is 0. The molecular weight excluding hydrogens is 132 g/mol. The minimum Gasteiger partial charge on any atom is -0.481 e.